The van der Waals surface area contributed by atoms with Crippen molar-refractivity contribution in [3.8, 4) is 11.1 Å². The summed E-state index contributed by atoms with van der Waals surface area (Å²) < 4.78 is 6.96. The van der Waals surface area contributed by atoms with E-state index in [0.717, 1.165) is 13.1 Å². The molecule has 0 bridgehead atoms. The SMILES string of the molecule is Ic1ccc(C[n+]2ccc(-c3cc[n+](Cc4ccc(I)cc4)cc3)cc2)cc1.O.O.[Cl-].[Cl-]. The monoisotopic (exact) mass is 696 g/mol. The number of hydrogen-bond acceptors (Lipinski definition) is 0. The van der Waals surface area contributed by atoms with Gasteiger partial charge in [0.2, 0.25) is 0 Å². The van der Waals surface area contributed by atoms with Gasteiger partial charge in [0.25, 0.3) is 0 Å². The van der Waals surface area contributed by atoms with Crippen molar-refractivity contribution in [1.82, 2.24) is 0 Å². The molecule has 0 spiro atoms. The molecular formula is C24H24Cl2I2N2O2. The summed E-state index contributed by atoms with van der Waals surface area (Å²) in [7, 11) is 0. The highest BCUT2D eigenvalue weighted by molar-refractivity contribution is 14.1. The Hall–Kier alpha value is -1.30. The number of pyridine rings is 2. The highest BCUT2D eigenvalue weighted by Crippen LogP contribution is 2.16. The van der Waals surface area contributed by atoms with Crippen LogP contribution in [0.3, 0.4) is 0 Å². The molecule has 0 fully saturated rings. The Morgan fingerprint density at radius 1 is 0.469 bits per heavy atom. The predicted octanol–water partition coefficient (Wildman–Crippen LogP) is -2.41. The second-order valence-corrected chi connectivity index (χ2v) is 9.26. The van der Waals surface area contributed by atoms with E-state index in [0.29, 0.717) is 0 Å². The molecule has 4 N–H and O–H groups in total. The minimum Gasteiger partial charge on any atom is -1.00 e. The highest BCUT2D eigenvalue weighted by Gasteiger charge is 2.07. The van der Waals surface area contributed by atoms with Crippen LogP contribution in [0.2, 0.25) is 0 Å². The van der Waals surface area contributed by atoms with Crippen molar-refractivity contribution in [2.24, 2.45) is 0 Å². The Bertz CT molecular complexity index is 972. The first-order valence-electron chi connectivity index (χ1n) is 9.13. The molecule has 4 nitrogen and oxygen atoms in total. The number of aromatic nitrogens is 2. The smallest absolute Gasteiger partial charge is 0.173 e. The molecule has 0 saturated heterocycles. The molecule has 2 heterocycles. The molecule has 2 aromatic carbocycles. The summed E-state index contributed by atoms with van der Waals surface area (Å²) in [6.07, 6.45) is 8.61. The van der Waals surface area contributed by atoms with Crippen molar-refractivity contribution in [2.45, 2.75) is 13.1 Å². The number of rotatable bonds is 5. The van der Waals surface area contributed by atoms with Crippen molar-refractivity contribution in [3.05, 3.63) is 116 Å². The molecule has 0 unspecified atom stereocenters. The zero-order chi connectivity index (χ0) is 19.3. The lowest BCUT2D eigenvalue weighted by molar-refractivity contribution is -0.688. The summed E-state index contributed by atoms with van der Waals surface area (Å²) in [4.78, 5) is 0. The second-order valence-electron chi connectivity index (χ2n) is 6.77. The van der Waals surface area contributed by atoms with Crippen molar-refractivity contribution < 1.29 is 44.9 Å². The minimum atomic E-state index is 0. The molecule has 0 amide bonds. The molecule has 0 radical (unpaired) electrons. The molecule has 0 saturated carbocycles. The largest absolute Gasteiger partial charge is 1.00 e. The molecule has 0 aliphatic rings. The third kappa shape index (κ3) is 8.57. The van der Waals surface area contributed by atoms with Crippen molar-refractivity contribution in [1.29, 1.82) is 0 Å². The van der Waals surface area contributed by atoms with E-state index in [4.69, 9.17) is 0 Å². The molecule has 2 aromatic heterocycles. The van der Waals surface area contributed by atoms with Gasteiger partial charge in [0, 0.05) is 42.5 Å². The Balaban J connectivity index is 0.00000240. The third-order valence-corrected chi connectivity index (χ3v) is 6.11. The van der Waals surface area contributed by atoms with Crippen LogP contribution in [0.5, 0.6) is 0 Å². The second kappa shape index (κ2) is 14.8. The summed E-state index contributed by atoms with van der Waals surface area (Å²) in [6, 6.07) is 26.1. The van der Waals surface area contributed by atoms with Crippen LogP contribution in [0, 0.1) is 7.14 Å². The van der Waals surface area contributed by atoms with E-state index in [-0.39, 0.29) is 35.8 Å². The lowest BCUT2D eigenvalue weighted by atomic mass is 10.1. The average Bonchev–Trinajstić information content (AvgIpc) is 2.73. The average molecular weight is 697 g/mol. The summed E-state index contributed by atoms with van der Waals surface area (Å²) in [5.74, 6) is 0. The Morgan fingerprint density at radius 3 is 1.03 bits per heavy atom. The first-order valence-corrected chi connectivity index (χ1v) is 11.3. The van der Waals surface area contributed by atoms with E-state index in [1.54, 1.807) is 0 Å². The number of benzene rings is 2. The van der Waals surface area contributed by atoms with E-state index in [1.807, 2.05) is 0 Å². The van der Waals surface area contributed by atoms with Crippen LogP contribution in [0.4, 0.5) is 0 Å². The zero-order valence-corrected chi connectivity index (χ0v) is 22.9. The van der Waals surface area contributed by atoms with E-state index < -0.39 is 0 Å². The molecular weight excluding hydrogens is 673 g/mol. The van der Waals surface area contributed by atoms with Gasteiger partial charge in [-0.25, -0.2) is 9.13 Å². The molecule has 8 heteroatoms. The van der Waals surface area contributed by atoms with Gasteiger partial charge in [0.1, 0.15) is 0 Å². The maximum atomic E-state index is 2.34. The Morgan fingerprint density at radius 2 is 0.750 bits per heavy atom. The van der Waals surface area contributed by atoms with E-state index in [2.05, 4.69) is 152 Å². The lowest BCUT2D eigenvalue weighted by Gasteiger charge is -2.03. The van der Waals surface area contributed by atoms with Gasteiger partial charge in [0.15, 0.2) is 37.9 Å². The number of nitrogens with zero attached hydrogens (tertiary/aromatic N) is 2. The van der Waals surface area contributed by atoms with E-state index in [1.165, 1.54) is 29.4 Å². The van der Waals surface area contributed by atoms with Gasteiger partial charge in [-0.15, -0.1) is 0 Å². The quantitative estimate of drug-likeness (QED) is 0.165. The highest BCUT2D eigenvalue weighted by atomic mass is 127. The van der Waals surface area contributed by atoms with Gasteiger partial charge < -0.3 is 35.8 Å². The maximum Gasteiger partial charge on any atom is 0.173 e. The van der Waals surface area contributed by atoms with Gasteiger partial charge in [-0.1, -0.05) is 24.3 Å². The molecule has 0 aliphatic heterocycles. The van der Waals surface area contributed by atoms with Gasteiger partial charge in [-0.05, 0) is 80.6 Å². The third-order valence-electron chi connectivity index (χ3n) is 4.67. The molecule has 0 aliphatic carbocycles. The predicted molar refractivity (Wildman–Crippen MR) is 136 cm³/mol. The fourth-order valence-electron chi connectivity index (χ4n) is 3.11. The zero-order valence-electron chi connectivity index (χ0n) is 17.1. The first kappa shape index (κ1) is 30.7. The van der Waals surface area contributed by atoms with E-state index in [9.17, 15) is 0 Å². The summed E-state index contributed by atoms with van der Waals surface area (Å²) in [5.41, 5.74) is 5.10. The topological polar surface area (TPSA) is 70.8 Å². The van der Waals surface area contributed by atoms with Gasteiger partial charge in [0.05, 0.1) is 0 Å². The number of hydrogen-bond donors (Lipinski definition) is 0. The molecule has 4 rings (SSSR count). The Labute approximate surface area is 228 Å². The summed E-state index contributed by atoms with van der Waals surface area (Å²) in [6.45, 7) is 1.78. The van der Waals surface area contributed by atoms with Crippen LogP contribution in [-0.4, -0.2) is 11.0 Å². The van der Waals surface area contributed by atoms with Crippen LogP contribution >= 0.6 is 45.2 Å². The van der Waals surface area contributed by atoms with Crippen molar-refractivity contribution in [3.63, 3.8) is 0 Å². The minimum absolute atomic E-state index is 0. The Kier molecular flexibility index (Phi) is 14.2. The van der Waals surface area contributed by atoms with Crippen LogP contribution in [-0.2, 0) is 13.1 Å². The van der Waals surface area contributed by atoms with Crippen LogP contribution in [0.1, 0.15) is 11.1 Å². The molecule has 170 valence electrons. The molecule has 32 heavy (non-hydrogen) atoms. The fraction of sp³-hybridized carbons (Fsp3) is 0.0833. The summed E-state index contributed by atoms with van der Waals surface area (Å²) >= 11 is 4.68. The number of halogens is 4. The van der Waals surface area contributed by atoms with Crippen LogP contribution in [0.15, 0.2) is 97.6 Å². The van der Waals surface area contributed by atoms with Gasteiger partial charge >= 0.3 is 0 Å². The molecule has 0 atom stereocenters. The normalized spacial score (nSPS) is 9.44. The maximum absolute atomic E-state index is 2.34. The van der Waals surface area contributed by atoms with Crippen LogP contribution in [0.25, 0.3) is 11.1 Å². The van der Waals surface area contributed by atoms with Gasteiger partial charge in [-0.3, -0.25) is 0 Å². The molecule has 4 aromatic rings. The lowest BCUT2D eigenvalue weighted by Crippen LogP contribution is -3.00. The fourth-order valence-corrected chi connectivity index (χ4v) is 3.83. The van der Waals surface area contributed by atoms with Gasteiger partial charge in [-0.2, -0.15) is 0 Å². The first-order chi connectivity index (χ1) is 13.7. The standard InChI is InChI=1S/C24H20I2N2.2ClH.2H2O/c25-23-5-1-19(2-6-23)17-27-13-9-21(10-14-27)22-11-15-28(16-12-22)18-20-3-7-24(26)8-4-20;;;;/h1-16H,17-18H2;2*1H;2*1H2/q+2;;;;/p-2. The van der Waals surface area contributed by atoms with E-state index >= 15 is 0 Å². The summed E-state index contributed by atoms with van der Waals surface area (Å²) in [5, 5.41) is 0. The van der Waals surface area contributed by atoms with Crippen molar-refractivity contribution >= 4 is 45.2 Å². The van der Waals surface area contributed by atoms with Crippen molar-refractivity contribution in [2.75, 3.05) is 0 Å². The van der Waals surface area contributed by atoms with Crippen LogP contribution < -0.4 is 33.9 Å².